The van der Waals surface area contributed by atoms with Crippen molar-refractivity contribution in [1.29, 1.82) is 0 Å². The summed E-state index contributed by atoms with van der Waals surface area (Å²) in [4.78, 5) is 25.3. The van der Waals surface area contributed by atoms with E-state index in [4.69, 9.17) is 16.3 Å². The lowest BCUT2D eigenvalue weighted by Crippen LogP contribution is -2.30. The molecule has 1 heterocycles. The van der Waals surface area contributed by atoms with Crippen LogP contribution in [0.5, 0.6) is 0 Å². The molecule has 2 aromatic rings. The van der Waals surface area contributed by atoms with Gasteiger partial charge in [-0.05, 0) is 18.2 Å². The molecule has 1 aromatic heterocycles. The first-order chi connectivity index (χ1) is 7.63. The number of benzene rings is 1. The topological polar surface area (TPSA) is 64.1 Å². The molecule has 0 amide bonds. The summed E-state index contributed by atoms with van der Waals surface area (Å²) in [6.07, 6.45) is 0. The quantitative estimate of drug-likeness (QED) is 0.850. The molecule has 0 saturated heterocycles. The number of fused-ring (bicyclic) bond motifs is 1. The van der Waals surface area contributed by atoms with E-state index in [0.29, 0.717) is 15.9 Å². The third kappa shape index (κ3) is 1.75. The highest BCUT2D eigenvalue weighted by Crippen LogP contribution is 2.14. The zero-order valence-electron chi connectivity index (χ0n) is 8.49. The maximum Gasteiger partial charge on any atom is 0.330 e. The Balaban J connectivity index is 2.90. The molecule has 1 N–H and O–H groups in total. The first-order valence-electron chi connectivity index (χ1n) is 4.55. The molecule has 1 aromatic carbocycles. The Kier molecular flexibility index (Phi) is 2.80. The van der Waals surface area contributed by atoms with Crippen molar-refractivity contribution in [3.63, 3.8) is 0 Å². The molecule has 0 saturated carbocycles. The molecule has 2 rings (SSSR count). The number of rotatable bonds is 2. The van der Waals surface area contributed by atoms with Crippen molar-refractivity contribution in [3.05, 3.63) is 44.1 Å². The summed E-state index contributed by atoms with van der Waals surface area (Å²) in [5, 5.41) is 0.810. The normalized spacial score (nSPS) is 10.9. The second-order valence-corrected chi connectivity index (χ2v) is 3.70. The average Bonchev–Trinajstić information content (AvgIpc) is 2.24. The summed E-state index contributed by atoms with van der Waals surface area (Å²) in [7, 11) is 1.47. The van der Waals surface area contributed by atoms with Crippen LogP contribution in [0, 0.1) is 0 Å². The third-order valence-electron chi connectivity index (χ3n) is 2.22. The molecule has 84 valence electrons. The summed E-state index contributed by atoms with van der Waals surface area (Å²) in [5.41, 5.74) is -0.448. The Bertz CT molecular complexity index is 645. The van der Waals surface area contributed by atoms with E-state index < -0.39 is 11.2 Å². The molecule has 0 aliphatic carbocycles. The first kappa shape index (κ1) is 10.9. The zero-order valence-corrected chi connectivity index (χ0v) is 9.25. The number of aromatic nitrogens is 2. The van der Waals surface area contributed by atoms with E-state index in [2.05, 4.69) is 4.98 Å². The van der Waals surface area contributed by atoms with Gasteiger partial charge in [0, 0.05) is 12.1 Å². The van der Waals surface area contributed by atoms with Crippen molar-refractivity contribution < 1.29 is 4.74 Å². The molecule has 5 nitrogen and oxygen atoms in total. The van der Waals surface area contributed by atoms with Crippen LogP contribution < -0.4 is 11.2 Å². The minimum atomic E-state index is -0.498. The highest BCUT2D eigenvalue weighted by Gasteiger charge is 2.07. The van der Waals surface area contributed by atoms with Gasteiger partial charge in [0.15, 0.2) is 0 Å². The molecular weight excluding hydrogens is 232 g/mol. The summed E-state index contributed by atoms with van der Waals surface area (Å²) < 4.78 is 6.22. The molecule has 0 aliphatic heterocycles. The average molecular weight is 241 g/mol. The molecule has 16 heavy (non-hydrogen) atoms. The SMILES string of the molecule is COCn1c(=O)[nH]c(=O)c2cc(Cl)ccc21. The Hall–Kier alpha value is -1.59. The van der Waals surface area contributed by atoms with Gasteiger partial charge in [-0.15, -0.1) is 0 Å². The van der Waals surface area contributed by atoms with Crippen LogP contribution in [-0.4, -0.2) is 16.7 Å². The van der Waals surface area contributed by atoms with Crippen molar-refractivity contribution in [2.75, 3.05) is 7.11 Å². The molecule has 0 fully saturated rings. The Morgan fingerprint density at radius 2 is 2.19 bits per heavy atom. The van der Waals surface area contributed by atoms with Crippen molar-refractivity contribution in [3.8, 4) is 0 Å². The highest BCUT2D eigenvalue weighted by atomic mass is 35.5. The van der Waals surface area contributed by atoms with E-state index >= 15 is 0 Å². The number of nitrogens with one attached hydrogen (secondary N) is 1. The molecular formula is C10H9ClN2O3. The smallest absolute Gasteiger partial charge is 0.330 e. The van der Waals surface area contributed by atoms with E-state index in [-0.39, 0.29) is 6.73 Å². The summed E-state index contributed by atoms with van der Waals surface area (Å²) in [6.45, 7) is 0.0771. The van der Waals surface area contributed by atoms with E-state index in [1.54, 1.807) is 12.1 Å². The monoisotopic (exact) mass is 240 g/mol. The van der Waals surface area contributed by atoms with Crippen LogP contribution in [-0.2, 0) is 11.5 Å². The third-order valence-corrected chi connectivity index (χ3v) is 2.45. The zero-order chi connectivity index (χ0) is 11.7. The van der Waals surface area contributed by atoms with Gasteiger partial charge in [0.05, 0.1) is 10.9 Å². The van der Waals surface area contributed by atoms with Crippen molar-refractivity contribution in [2.45, 2.75) is 6.73 Å². The maximum absolute atomic E-state index is 11.5. The number of hydrogen-bond acceptors (Lipinski definition) is 3. The van der Waals surface area contributed by atoms with Crippen LogP contribution in [0.25, 0.3) is 10.9 Å². The number of nitrogens with zero attached hydrogens (tertiary/aromatic N) is 1. The predicted molar refractivity (Wildman–Crippen MR) is 60.8 cm³/mol. The molecule has 0 bridgehead atoms. The van der Waals surface area contributed by atoms with Crippen LogP contribution in [0.2, 0.25) is 5.02 Å². The Morgan fingerprint density at radius 1 is 1.44 bits per heavy atom. The number of H-pyrrole nitrogens is 1. The van der Waals surface area contributed by atoms with Crippen LogP contribution in [0.1, 0.15) is 0 Å². The fourth-order valence-corrected chi connectivity index (χ4v) is 1.70. The van der Waals surface area contributed by atoms with Crippen LogP contribution in [0.3, 0.4) is 0 Å². The summed E-state index contributed by atoms with van der Waals surface area (Å²) in [6, 6.07) is 4.75. The predicted octanol–water partition coefficient (Wildman–Crippen LogP) is 0.947. The van der Waals surface area contributed by atoms with Gasteiger partial charge in [-0.3, -0.25) is 14.3 Å². The van der Waals surface area contributed by atoms with Gasteiger partial charge in [-0.1, -0.05) is 11.6 Å². The van der Waals surface area contributed by atoms with E-state index in [1.165, 1.54) is 17.7 Å². The van der Waals surface area contributed by atoms with Crippen LogP contribution >= 0.6 is 11.6 Å². The van der Waals surface area contributed by atoms with Crippen LogP contribution in [0.15, 0.2) is 27.8 Å². The van der Waals surface area contributed by atoms with Crippen LogP contribution in [0.4, 0.5) is 0 Å². The van der Waals surface area contributed by atoms with E-state index in [1.807, 2.05) is 0 Å². The van der Waals surface area contributed by atoms with Gasteiger partial charge >= 0.3 is 5.69 Å². The lowest BCUT2D eigenvalue weighted by Gasteiger charge is -2.07. The highest BCUT2D eigenvalue weighted by molar-refractivity contribution is 6.31. The maximum atomic E-state index is 11.5. The van der Waals surface area contributed by atoms with Gasteiger partial charge in [-0.25, -0.2) is 4.79 Å². The number of methoxy groups -OCH3 is 1. The minimum absolute atomic E-state index is 0.0771. The fourth-order valence-electron chi connectivity index (χ4n) is 1.52. The number of ether oxygens (including phenoxy) is 1. The second kappa shape index (κ2) is 4.11. The van der Waals surface area contributed by atoms with Gasteiger partial charge in [0.1, 0.15) is 6.73 Å². The lowest BCUT2D eigenvalue weighted by atomic mass is 10.2. The molecule has 0 atom stereocenters. The summed E-state index contributed by atoms with van der Waals surface area (Å²) in [5.74, 6) is 0. The first-order valence-corrected chi connectivity index (χ1v) is 4.92. The Morgan fingerprint density at radius 3 is 2.88 bits per heavy atom. The summed E-state index contributed by atoms with van der Waals surface area (Å²) >= 11 is 5.79. The lowest BCUT2D eigenvalue weighted by molar-refractivity contribution is 0.130. The standard InChI is InChI=1S/C10H9ClN2O3/c1-16-5-13-8-3-2-6(11)4-7(8)9(14)12-10(13)15/h2-4H,5H2,1H3,(H,12,14,15). The molecule has 0 aliphatic rings. The number of halogens is 1. The second-order valence-electron chi connectivity index (χ2n) is 3.27. The number of hydrogen-bond donors (Lipinski definition) is 1. The van der Waals surface area contributed by atoms with Gasteiger partial charge in [-0.2, -0.15) is 0 Å². The largest absolute Gasteiger partial charge is 0.364 e. The van der Waals surface area contributed by atoms with Gasteiger partial charge in [0.2, 0.25) is 0 Å². The van der Waals surface area contributed by atoms with Gasteiger partial charge < -0.3 is 4.74 Å². The number of aromatic amines is 1. The van der Waals surface area contributed by atoms with Crippen molar-refractivity contribution in [1.82, 2.24) is 9.55 Å². The molecule has 0 unspecified atom stereocenters. The molecule has 6 heteroatoms. The fraction of sp³-hybridized carbons (Fsp3) is 0.200. The molecule has 0 spiro atoms. The van der Waals surface area contributed by atoms with E-state index in [9.17, 15) is 9.59 Å². The van der Waals surface area contributed by atoms with Gasteiger partial charge in [0.25, 0.3) is 5.56 Å². The van der Waals surface area contributed by atoms with Crippen molar-refractivity contribution >= 4 is 22.5 Å². The molecule has 0 radical (unpaired) electrons. The van der Waals surface area contributed by atoms with E-state index in [0.717, 1.165) is 0 Å². The Labute approximate surface area is 95.2 Å². The minimum Gasteiger partial charge on any atom is -0.364 e. The van der Waals surface area contributed by atoms with Crippen molar-refractivity contribution in [2.24, 2.45) is 0 Å².